The fraction of sp³-hybridized carbons (Fsp3) is 0.800. The third kappa shape index (κ3) is 17.1. The van der Waals surface area contributed by atoms with Gasteiger partial charge >= 0.3 is 0 Å². The van der Waals surface area contributed by atoms with Crippen LogP contribution >= 0.6 is 0 Å². The van der Waals surface area contributed by atoms with Crippen molar-refractivity contribution in [2.45, 2.75) is 89.0 Å². The minimum Gasteiger partial charge on any atom is -0.299 e. The third-order valence-electron chi connectivity index (χ3n) is 2.98. The van der Waals surface area contributed by atoms with Crippen LogP contribution in [0.25, 0.3) is 0 Å². The number of Topliss-reactive ketones (excluding diaryl/α,β-unsaturated/α-hetero) is 1. The maximum absolute atomic E-state index is 11.7. The monoisotopic (exact) mass is 310 g/mol. The van der Waals surface area contributed by atoms with Gasteiger partial charge in [-0.25, -0.2) is 0 Å². The molecule has 0 bridgehead atoms. The largest absolute Gasteiger partial charge is 0.299 e. The Balaban J connectivity index is 0. The van der Waals surface area contributed by atoms with Crippen molar-refractivity contribution in [3.63, 3.8) is 0 Å². The van der Waals surface area contributed by atoms with Crippen molar-refractivity contribution >= 4 is 11.6 Å². The van der Waals surface area contributed by atoms with Gasteiger partial charge in [-0.1, -0.05) is 67.9 Å². The van der Waals surface area contributed by atoms with Crippen molar-refractivity contribution < 1.29 is 9.59 Å². The molecule has 0 aliphatic heterocycles. The molecule has 0 radical (unpaired) electrons. The van der Waals surface area contributed by atoms with Crippen molar-refractivity contribution in [1.82, 2.24) is 0 Å². The van der Waals surface area contributed by atoms with E-state index >= 15 is 0 Å². The number of ketones is 2. The van der Waals surface area contributed by atoms with Gasteiger partial charge in [-0.05, 0) is 37.2 Å². The summed E-state index contributed by atoms with van der Waals surface area (Å²) in [4.78, 5) is 22.1. The minimum atomic E-state index is -0.139. The molecule has 0 aromatic rings. The summed E-state index contributed by atoms with van der Waals surface area (Å²) in [5.74, 6) is 0.497. The highest BCUT2D eigenvalue weighted by Gasteiger charge is 2.16. The molecule has 130 valence electrons. The summed E-state index contributed by atoms with van der Waals surface area (Å²) in [7, 11) is 0. The van der Waals surface area contributed by atoms with E-state index in [-0.39, 0.29) is 27.8 Å². The zero-order valence-electron chi connectivity index (χ0n) is 16.8. The minimum absolute atomic E-state index is 0.0929. The van der Waals surface area contributed by atoms with E-state index in [1.807, 2.05) is 33.8 Å². The summed E-state index contributed by atoms with van der Waals surface area (Å²) in [6.07, 6.45) is 3.44. The summed E-state index contributed by atoms with van der Waals surface area (Å²) < 4.78 is 0. The molecular weight excluding hydrogens is 272 g/mol. The smallest absolute Gasteiger partial charge is 0.156 e. The van der Waals surface area contributed by atoms with Crippen molar-refractivity contribution in [3.8, 4) is 0 Å². The second-order valence-electron chi connectivity index (χ2n) is 9.74. The Morgan fingerprint density at radius 3 is 1.27 bits per heavy atom. The lowest BCUT2D eigenvalue weighted by atomic mass is 9.86. The van der Waals surface area contributed by atoms with Crippen LogP contribution in [0, 0.1) is 16.2 Å². The Labute approximate surface area is 138 Å². The maximum Gasteiger partial charge on any atom is 0.156 e. The molecule has 0 rings (SSSR count). The topological polar surface area (TPSA) is 34.1 Å². The van der Waals surface area contributed by atoms with Gasteiger partial charge in [-0.15, -0.1) is 0 Å². The number of carbonyl (C=O) groups is 2. The molecule has 0 heterocycles. The van der Waals surface area contributed by atoms with Gasteiger partial charge in [0.05, 0.1) is 0 Å². The molecule has 0 N–H and O–H groups in total. The standard InChI is InChI=1S/C14H26O.C6H12O/c1-11(9-13(2,3)4)8-12(15)10-14(5,6)7;1-5(7)6(2,3)4/h8H,9-10H2,1-7H3;1-4H3/b11-8+;. The number of hydrogen-bond acceptors (Lipinski definition) is 2. The molecule has 0 aliphatic carbocycles. The zero-order valence-corrected chi connectivity index (χ0v) is 16.8. The van der Waals surface area contributed by atoms with Gasteiger partial charge in [0.1, 0.15) is 5.78 Å². The highest BCUT2D eigenvalue weighted by atomic mass is 16.1. The first-order valence-electron chi connectivity index (χ1n) is 8.15. The third-order valence-corrected chi connectivity index (χ3v) is 2.98. The van der Waals surface area contributed by atoms with E-state index < -0.39 is 0 Å². The second kappa shape index (κ2) is 8.64. The molecule has 22 heavy (non-hydrogen) atoms. The van der Waals surface area contributed by atoms with Crippen molar-refractivity contribution in [3.05, 3.63) is 11.6 Å². The van der Waals surface area contributed by atoms with Crippen LogP contribution in [-0.4, -0.2) is 11.6 Å². The zero-order chi connectivity index (χ0) is 18.4. The SMILES string of the molecule is C/C(=C\C(=O)CC(C)(C)C)CC(C)(C)C.CC(=O)C(C)(C)C. The van der Waals surface area contributed by atoms with E-state index in [9.17, 15) is 9.59 Å². The molecule has 0 aromatic carbocycles. The molecule has 0 fully saturated rings. The Kier molecular flexibility index (Phi) is 9.17. The van der Waals surface area contributed by atoms with Crippen molar-refractivity contribution in [2.75, 3.05) is 0 Å². The average Bonchev–Trinajstić information content (AvgIpc) is 2.08. The number of hydrogen-bond donors (Lipinski definition) is 0. The molecule has 0 amide bonds. The second-order valence-corrected chi connectivity index (χ2v) is 9.74. The van der Waals surface area contributed by atoms with E-state index in [1.54, 1.807) is 6.92 Å². The van der Waals surface area contributed by atoms with Crippen LogP contribution in [0.5, 0.6) is 0 Å². The van der Waals surface area contributed by atoms with Crippen LogP contribution in [0.15, 0.2) is 11.6 Å². The van der Waals surface area contributed by atoms with E-state index in [1.165, 1.54) is 5.57 Å². The Morgan fingerprint density at radius 2 is 1.05 bits per heavy atom. The lowest BCUT2D eigenvalue weighted by Crippen LogP contribution is -2.15. The molecule has 0 aliphatic rings. The summed E-state index contributed by atoms with van der Waals surface area (Å²) in [6, 6.07) is 0. The Morgan fingerprint density at radius 1 is 0.727 bits per heavy atom. The summed E-state index contributed by atoms with van der Waals surface area (Å²) in [6.45, 7) is 22.3. The predicted molar refractivity (Wildman–Crippen MR) is 97.0 cm³/mol. The maximum atomic E-state index is 11.7. The van der Waals surface area contributed by atoms with Gasteiger partial charge in [0.2, 0.25) is 0 Å². The lowest BCUT2D eigenvalue weighted by Gasteiger charge is -2.19. The van der Waals surface area contributed by atoms with Crippen LogP contribution in [0.3, 0.4) is 0 Å². The molecule has 0 spiro atoms. The molecule has 2 nitrogen and oxygen atoms in total. The number of rotatable bonds is 3. The quantitative estimate of drug-likeness (QED) is 0.599. The molecule has 0 saturated carbocycles. The highest BCUT2D eigenvalue weighted by Crippen LogP contribution is 2.25. The first-order valence-corrected chi connectivity index (χ1v) is 8.15. The summed E-state index contributed by atoms with van der Waals surface area (Å²) >= 11 is 0. The predicted octanol–water partition coefficient (Wildman–Crippen LogP) is 6.00. The van der Waals surface area contributed by atoms with Crippen LogP contribution in [0.4, 0.5) is 0 Å². The van der Waals surface area contributed by atoms with E-state index in [2.05, 4.69) is 41.5 Å². The fourth-order valence-corrected chi connectivity index (χ4v) is 1.74. The van der Waals surface area contributed by atoms with Crippen LogP contribution in [0.2, 0.25) is 0 Å². The van der Waals surface area contributed by atoms with E-state index in [4.69, 9.17) is 0 Å². The van der Waals surface area contributed by atoms with Gasteiger partial charge in [0.25, 0.3) is 0 Å². The van der Waals surface area contributed by atoms with Gasteiger partial charge < -0.3 is 0 Å². The molecule has 0 atom stereocenters. The van der Waals surface area contributed by atoms with Crippen molar-refractivity contribution in [1.29, 1.82) is 0 Å². The Bertz CT molecular complexity index is 393. The average molecular weight is 311 g/mol. The highest BCUT2D eigenvalue weighted by molar-refractivity contribution is 5.90. The molecular formula is C20H38O2. The Hall–Kier alpha value is -0.920. The normalized spacial score (nSPS) is 13.3. The number of allylic oxidation sites excluding steroid dienone is 2. The van der Waals surface area contributed by atoms with E-state index in [0.29, 0.717) is 6.42 Å². The number of carbonyl (C=O) groups excluding carboxylic acids is 2. The van der Waals surface area contributed by atoms with Crippen LogP contribution < -0.4 is 0 Å². The van der Waals surface area contributed by atoms with Gasteiger partial charge in [-0.2, -0.15) is 0 Å². The van der Waals surface area contributed by atoms with Crippen LogP contribution in [-0.2, 0) is 9.59 Å². The first kappa shape index (κ1) is 23.3. The molecule has 0 saturated heterocycles. The molecule has 2 heteroatoms. The van der Waals surface area contributed by atoms with Gasteiger partial charge in [-0.3, -0.25) is 9.59 Å². The van der Waals surface area contributed by atoms with Crippen LogP contribution in [0.1, 0.15) is 89.0 Å². The molecule has 0 aromatic heterocycles. The van der Waals surface area contributed by atoms with Gasteiger partial charge in [0, 0.05) is 11.8 Å². The summed E-state index contributed by atoms with van der Waals surface area (Å²) in [5, 5.41) is 0. The van der Waals surface area contributed by atoms with E-state index in [0.717, 1.165) is 6.42 Å². The lowest BCUT2D eigenvalue weighted by molar-refractivity contribution is -0.124. The fourth-order valence-electron chi connectivity index (χ4n) is 1.74. The van der Waals surface area contributed by atoms with Gasteiger partial charge in [0.15, 0.2) is 5.78 Å². The summed E-state index contributed by atoms with van der Waals surface area (Å²) in [5.41, 5.74) is 1.41. The van der Waals surface area contributed by atoms with Crippen molar-refractivity contribution in [2.24, 2.45) is 16.2 Å². The molecule has 0 unspecified atom stereocenters. The first-order chi connectivity index (χ1) is 9.44.